The molecule has 7 nitrogen and oxygen atoms in total. The van der Waals surface area contributed by atoms with Crippen LogP contribution in [0.3, 0.4) is 0 Å². The molecule has 0 saturated carbocycles. The number of hydrogen-bond acceptors (Lipinski definition) is 7. The molecule has 0 fully saturated rings. The molecule has 1 aromatic carbocycles. The maximum Gasteiger partial charge on any atom is 0.280 e. The molecule has 3 aromatic heterocycles. The van der Waals surface area contributed by atoms with Gasteiger partial charge in [-0.05, 0) is 31.5 Å². The maximum atomic E-state index is 13.1. The fourth-order valence-corrected chi connectivity index (χ4v) is 4.01. The Balaban J connectivity index is 1.68. The van der Waals surface area contributed by atoms with Crippen molar-refractivity contribution >= 4 is 22.9 Å². The second kappa shape index (κ2) is 9.03. The third-order valence-electron chi connectivity index (χ3n) is 5.00. The molecule has 0 spiro atoms. The highest BCUT2D eigenvalue weighted by Gasteiger charge is 2.19. The van der Waals surface area contributed by atoms with Crippen LogP contribution >= 0.6 is 22.9 Å². The number of nitrogens with zero attached hydrogens (tertiary/aromatic N) is 5. The van der Waals surface area contributed by atoms with Gasteiger partial charge in [0, 0.05) is 22.6 Å². The molecule has 170 valence electrons. The Bertz CT molecular complexity index is 1370. The van der Waals surface area contributed by atoms with Crippen LogP contribution in [0.15, 0.2) is 47.0 Å². The van der Waals surface area contributed by atoms with E-state index in [9.17, 15) is 4.79 Å². The van der Waals surface area contributed by atoms with E-state index in [1.54, 1.807) is 6.20 Å². The van der Waals surface area contributed by atoms with Crippen LogP contribution in [0.4, 0.5) is 0 Å². The number of ether oxygens (including phenoxy) is 1. The topological polar surface area (TPSA) is 82.8 Å². The monoisotopic (exact) mass is 481 g/mol. The van der Waals surface area contributed by atoms with Crippen LogP contribution in [-0.2, 0) is 12.0 Å². The average Bonchev–Trinajstić information content (AvgIpc) is 3.20. The molecule has 0 aliphatic rings. The summed E-state index contributed by atoms with van der Waals surface area (Å²) in [5, 5.41) is 2.76. The number of rotatable bonds is 5. The summed E-state index contributed by atoms with van der Waals surface area (Å²) < 4.78 is 7.07. The van der Waals surface area contributed by atoms with Crippen LogP contribution < -0.4 is 10.3 Å². The molecule has 9 heteroatoms. The van der Waals surface area contributed by atoms with Crippen LogP contribution in [0.1, 0.15) is 42.9 Å². The van der Waals surface area contributed by atoms with Gasteiger partial charge in [0.25, 0.3) is 5.56 Å². The Hall–Kier alpha value is -3.10. The number of halogens is 1. The molecule has 0 bridgehead atoms. The molecule has 0 unspecified atom stereocenters. The average molecular weight is 482 g/mol. The summed E-state index contributed by atoms with van der Waals surface area (Å²) in [6.45, 7) is 10.2. The van der Waals surface area contributed by atoms with E-state index in [0.29, 0.717) is 5.69 Å². The van der Waals surface area contributed by atoms with Crippen molar-refractivity contribution in [3.63, 3.8) is 0 Å². The zero-order chi connectivity index (χ0) is 23.8. The maximum absolute atomic E-state index is 13.1. The van der Waals surface area contributed by atoms with Crippen molar-refractivity contribution in [3.8, 4) is 22.8 Å². The first-order chi connectivity index (χ1) is 15.6. The highest BCUT2D eigenvalue weighted by atomic mass is 35.5. The standard InChI is InChI=1S/C24H24ClN5O2S/c1-14-6-7-16(18-8-9-26-23(29-18)24(3,4)5)10-19(14)30-13-27-21(20(25)22(30)31)32-11-17-12-33-15(2)28-17/h6-10,12-13H,11H2,1-5H3. The van der Waals surface area contributed by atoms with Gasteiger partial charge in [-0.25, -0.2) is 19.9 Å². The van der Waals surface area contributed by atoms with E-state index >= 15 is 0 Å². The predicted molar refractivity (Wildman–Crippen MR) is 130 cm³/mol. The molecule has 0 N–H and O–H groups in total. The summed E-state index contributed by atoms with van der Waals surface area (Å²) in [6, 6.07) is 7.68. The summed E-state index contributed by atoms with van der Waals surface area (Å²) in [6.07, 6.45) is 3.19. The van der Waals surface area contributed by atoms with Gasteiger partial charge in [0.2, 0.25) is 5.88 Å². The van der Waals surface area contributed by atoms with E-state index in [1.807, 2.05) is 43.5 Å². The number of aryl methyl sites for hydroxylation is 2. The highest BCUT2D eigenvalue weighted by molar-refractivity contribution is 7.09. The molecule has 3 heterocycles. The lowest BCUT2D eigenvalue weighted by atomic mass is 9.95. The van der Waals surface area contributed by atoms with Crippen molar-refractivity contribution < 1.29 is 4.74 Å². The van der Waals surface area contributed by atoms with E-state index in [4.69, 9.17) is 21.3 Å². The smallest absolute Gasteiger partial charge is 0.280 e. The van der Waals surface area contributed by atoms with Crippen molar-refractivity contribution in [2.75, 3.05) is 0 Å². The molecular weight excluding hydrogens is 458 g/mol. The molecule has 0 aliphatic carbocycles. The number of aromatic nitrogens is 5. The van der Waals surface area contributed by atoms with Crippen LogP contribution in [0, 0.1) is 13.8 Å². The summed E-state index contributed by atoms with van der Waals surface area (Å²) in [7, 11) is 0. The van der Waals surface area contributed by atoms with Crippen molar-refractivity contribution in [2.45, 2.75) is 46.6 Å². The third kappa shape index (κ3) is 4.96. The SMILES string of the molecule is Cc1nc(COc2ncn(-c3cc(-c4ccnc(C(C)(C)C)n4)ccc3C)c(=O)c2Cl)cs1. The summed E-state index contributed by atoms with van der Waals surface area (Å²) in [4.78, 5) is 30.8. The van der Waals surface area contributed by atoms with Crippen LogP contribution in [0.25, 0.3) is 16.9 Å². The van der Waals surface area contributed by atoms with Gasteiger partial charge in [-0.3, -0.25) is 9.36 Å². The minimum Gasteiger partial charge on any atom is -0.470 e. The van der Waals surface area contributed by atoms with Crippen LogP contribution in [0.2, 0.25) is 5.02 Å². The first-order valence-electron chi connectivity index (χ1n) is 10.4. The first kappa shape index (κ1) is 23.1. The largest absolute Gasteiger partial charge is 0.470 e. The lowest BCUT2D eigenvalue weighted by molar-refractivity contribution is 0.288. The Kier molecular flexibility index (Phi) is 6.32. The van der Waals surface area contributed by atoms with Gasteiger partial charge in [-0.2, -0.15) is 0 Å². The molecule has 0 saturated heterocycles. The molecule has 4 aromatic rings. The summed E-state index contributed by atoms with van der Waals surface area (Å²) >= 11 is 7.87. The zero-order valence-corrected chi connectivity index (χ0v) is 20.7. The molecule has 0 amide bonds. The van der Waals surface area contributed by atoms with E-state index in [2.05, 4.69) is 35.7 Å². The van der Waals surface area contributed by atoms with Crippen molar-refractivity contribution in [1.29, 1.82) is 0 Å². The molecule has 4 rings (SSSR count). The Morgan fingerprint density at radius 1 is 1.12 bits per heavy atom. The molecule has 0 atom stereocenters. The lowest BCUT2D eigenvalue weighted by Gasteiger charge is -2.17. The molecular formula is C24H24ClN5O2S. The lowest BCUT2D eigenvalue weighted by Crippen LogP contribution is -2.21. The fraction of sp³-hybridized carbons (Fsp3) is 0.292. The van der Waals surface area contributed by atoms with E-state index in [1.165, 1.54) is 22.2 Å². The van der Waals surface area contributed by atoms with Gasteiger partial charge in [-0.1, -0.05) is 44.5 Å². The second-order valence-electron chi connectivity index (χ2n) is 8.70. The Morgan fingerprint density at radius 2 is 1.91 bits per heavy atom. The number of thiazole rings is 1. The van der Waals surface area contributed by atoms with Gasteiger partial charge in [-0.15, -0.1) is 11.3 Å². The highest BCUT2D eigenvalue weighted by Crippen LogP contribution is 2.26. The number of benzene rings is 1. The Labute approximate surface area is 201 Å². The summed E-state index contributed by atoms with van der Waals surface area (Å²) in [5.74, 6) is 0.837. The number of hydrogen-bond donors (Lipinski definition) is 0. The minimum atomic E-state index is -0.408. The third-order valence-corrected chi connectivity index (χ3v) is 6.14. The molecule has 33 heavy (non-hydrogen) atoms. The van der Waals surface area contributed by atoms with Crippen molar-refractivity contribution in [2.24, 2.45) is 0 Å². The van der Waals surface area contributed by atoms with Crippen molar-refractivity contribution in [3.05, 3.63) is 79.6 Å². The van der Waals surface area contributed by atoms with Gasteiger partial charge in [0.15, 0.2) is 5.02 Å². The normalized spacial score (nSPS) is 11.6. The predicted octanol–water partition coefficient (Wildman–Crippen LogP) is 5.29. The van der Waals surface area contributed by atoms with Gasteiger partial charge in [0.05, 0.1) is 22.1 Å². The van der Waals surface area contributed by atoms with E-state index < -0.39 is 5.56 Å². The fourth-order valence-electron chi connectivity index (χ4n) is 3.21. The van der Waals surface area contributed by atoms with Gasteiger partial charge < -0.3 is 4.74 Å². The molecule has 0 radical (unpaired) electrons. The van der Waals surface area contributed by atoms with E-state index in [-0.39, 0.29) is 22.9 Å². The van der Waals surface area contributed by atoms with Crippen LogP contribution in [0.5, 0.6) is 5.88 Å². The second-order valence-corrected chi connectivity index (χ2v) is 10.1. The Morgan fingerprint density at radius 3 is 2.61 bits per heavy atom. The quantitative estimate of drug-likeness (QED) is 0.385. The van der Waals surface area contributed by atoms with Gasteiger partial charge in [0.1, 0.15) is 18.8 Å². The molecule has 0 aliphatic heterocycles. The summed E-state index contributed by atoms with van der Waals surface area (Å²) in [5.41, 5.74) is 3.40. The van der Waals surface area contributed by atoms with Crippen LogP contribution in [-0.4, -0.2) is 24.5 Å². The first-order valence-corrected chi connectivity index (χ1v) is 11.6. The minimum absolute atomic E-state index is 0.0775. The van der Waals surface area contributed by atoms with Gasteiger partial charge >= 0.3 is 0 Å². The van der Waals surface area contributed by atoms with E-state index in [0.717, 1.165) is 33.3 Å². The van der Waals surface area contributed by atoms with Crippen molar-refractivity contribution in [1.82, 2.24) is 24.5 Å². The zero-order valence-electron chi connectivity index (χ0n) is 19.1.